The van der Waals surface area contributed by atoms with Crippen LogP contribution in [0.4, 0.5) is 5.69 Å². The molecule has 2 N–H and O–H groups in total. The molecule has 1 heterocycles. The van der Waals surface area contributed by atoms with Crippen LogP contribution in [-0.4, -0.2) is 31.7 Å². The van der Waals surface area contributed by atoms with Crippen LogP contribution >= 0.6 is 11.6 Å². The molecule has 0 saturated heterocycles. The molecule has 1 amide bonds. The van der Waals surface area contributed by atoms with Crippen molar-refractivity contribution >= 4 is 23.2 Å². The largest absolute Gasteiger partial charge is 0.486 e. The molecule has 0 unspecified atom stereocenters. The van der Waals surface area contributed by atoms with E-state index in [1.807, 2.05) is 13.8 Å². The molecule has 0 spiro atoms. The Morgan fingerprint density at radius 1 is 1.32 bits per heavy atom. The molecule has 19 heavy (non-hydrogen) atoms. The molecule has 0 aliphatic carbocycles. The molecule has 5 nitrogen and oxygen atoms in total. The Balaban J connectivity index is 2.05. The summed E-state index contributed by atoms with van der Waals surface area (Å²) in [5, 5.41) is 6.22. The van der Waals surface area contributed by atoms with Crippen molar-refractivity contribution in [3.05, 3.63) is 17.2 Å². The first kappa shape index (κ1) is 14.0. The number of hydrogen-bond donors (Lipinski definition) is 2. The summed E-state index contributed by atoms with van der Waals surface area (Å²) >= 11 is 6.10. The Morgan fingerprint density at radius 2 is 1.95 bits per heavy atom. The number of carbonyl (C=O) groups is 1. The zero-order chi connectivity index (χ0) is 13.8. The SMILES string of the molecule is CC(C)NCC(=O)Nc1cc2c(cc1Cl)OCCO2. The number of anilines is 1. The van der Waals surface area contributed by atoms with Crippen LogP contribution in [0.1, 0.15) is 13.8 Å². The van der Waals surface area contributed by atoms with Crippen molar-refractivity contribution in [2.24, 2.45) is 0 Å². The van der Waals surface area contributed by atoms with Gasteiger partial charge in [0.15, 0.2) is 11.5 Å². The van der Waals surface area contributed by atoms with Crippen molar-refractivity contribution in [1.29, 1.82) is 0 Å². The lowest BCUT2D eigenvalue weighted by atomic mass is 10.2. The van der Waals surface area contributed by atoms with Crippen LogP contribution in [0.15, 0.2) is 12.1 Å². The van der Waals surface area contributed by atoms with Gasteiger partial charge < -0.3 is 20.1 Å². The summed E-state index contributed by atoms with van der Waals surface area (Å²) < 4.78 is 10.9. The van der Waals surface area contributed by atoms with E-state index in [0.29, 0.717) is 35.4 Å². The number of fused-ring (bicyclic) bond motifs is 1. The minimum atomic E-state index is -0.146. The van der Waals surface area contributed by atoms with E-state index in [1.165, 1.54) is 0 Å². The van der Waals surface area contributed by atoms with E-state index < -0.39 is 0 Å². The Bertz CT molecular complexity index is 477. The van der Waals surface area contributed by atoms with E-state index in [4.69, 9.17) is 21.1 Å². The highest BCUT2D eigenvalue weighted by atomic mass is 35.5. The number of rotatable bonds is 4. The van der Waals surface area contributed by atoms with Gasteiger partial charge in [-0.3, -0.25) is 4.79 Å². The van der Waals surface area contributed by atoms with Crippen molar-refractivity contribution in [3.63, 3.8) is 0 Å². The predicted molar refractivity (Wildman–Crippen MR) is 74.2 cm³/mol. The molecule has 6 heteroatoms. The molecule has 0 aromatic heterocycles. The maximum Gasteiger partial charge on any atom is 0.238 e. The summed E-state index contributed by atoms with van der Waals surface area (Å²) in [6, 6.07) is 3.59. The standard InChI is InChI=1S/C13H17ClN2O3/c1-8(2)15-7-13(17)16-10-6-12-11(5-9(10)14)18-3-4-19-12/h5-6,8,15H,3-4,7H2,1-2H3,(H,16,17). The topological polar surface area (TPSA) is 59.6 Å². The zero-order valence-corrected chi connectivity index (χ0v) is 11.7. The van der Waals surface area contributed by atoms with E-state index in [2.05, 4.69) is 10.6 Å². The van der Waals surface area contributed by atoms with Gasteiger partial charge in [0, 0.05) is 18.2 Å². The van der Waals surface area contributed by atoms with Crippen LogP contribution in [0.5, 0.6) is 11.5 Å². The summed E-state index contributed by atoms with van der Waals surface area (Å²) in [6.07, 6.45) is 0. The van der Waals surface area contributed by atoms with Crippen molar-refractivity contribution in [2.45, 2.75) is 19.9 Å². The molecule has 0 saturated carbocycles. The molecule has 2 rings (SSSR count). The highest BCUT2D eigenvalue weighted by Crippen LogP contribution is 2.37. The summed E-state index contributed by atoms with van der Waals surface area (Å²) in [6.45, 7) is 5.20. The monoisotopic (exact) mass is 284 g/mol. The number of carbonyl (C=O) groups excluding carboxylic acids is 1. The van der Waals surface area contributed by atoms with Gasteiger partial charge in [0.25, 0.3) is 0 Å². The van der Waals surface area contributed by atoms with Crippen molar-refractivity contribution in [3.8, 4) is 11.5 Å². The van der Waals surface area contributed by atoms with Gasteiger partial charge in [-0.25, -0.2) is 0 Å². The lowest BCUT2D eigenvalue weighted by Crippen LogP contribution is -2.32. The fraction of sp³-hybridized carbons (Fsp3) is 0.462. The Kier molecular flexibility index (Phi) is 4.50. The first-order valence-corrected chi connectivity index (χ1v) is 6.56. The van der Waals surface area contributed by atoms with E-state index in [0.717, 1.165) is 0 Å². The molecule has 1 aromatic rings. The van der Waals surface area contributed by atoms with Gasteiger partial charge in [-0.1, -0.05) is 25.4 Å². The van der Waals surface area contributed by atoms with Gasteiger partial charge in [0.2, 0.25) is 5.91 Å². The number of amides is 1. The van der Waals surface area contributed by atoms with E-state index in [1.54, 1.807) is 12.1 Å². The predicted octanol–water partition coefficient (Wildman–Crippen LogP) is 2.05. The molecule has 0 bridgehead atoms. The zero-order valence-electron chi connectivity index (χ0n) is 11.0. The number of nitrogens with one attached hydrogen (secondary N) is 2. The smallest absolute Gasteiger partial charge is 0.238 e. The molecule has 0 fully saturated rings. The molecule has 0 atom stereocenters. The molecule has 104 valence electrons. The van der Waals surface area contributed by atoms with Gasteiger partial charge in [-0.15, -0.1) is 0 Å². The Morgan fingerprint density at radius 3 is 2.58 bits per heavy atom. The molecule has 1 aromatic carbocycles. The number of ether oxygens (including phenoxy) is 2. The average molecular weight is 285 g/mol. The van der Waals surface area contributed by atoms with Crippen LogP contribution in [-0.2, 0) is 4.79 Å². The summed E-state index contributed by atoms with van der Waals surface area (Å²) in [7, 11) is 0. The third-order valence-corrected chi connectivity index (χ3v) is 2.89. The van der Waals surface area contributed by atoms with Crippen LogP contribution < -0.4 is 20.1 Å². The van der Waals surface area contributed by atoms with Gasteiger partial charge in [-0.2, -0.15) is 0 Å². The fourth-order valence-electron chi connectivity index (χ4n) is 1.65. The van der Waals surface area contributed by atoms with Crippen molar-refractivity contribution in [1.82, 2.24) is 5.32 Å². The highest BCUT2D eigenvalue weighted by molar-refractivity contribution is 6.34. The summed E-state index contributed by atoms with van der Waals surface area (Å²) in [4.78, 5) is 11.7. The van der Waals surface area contributed by atoms with Crippen molar-refractivity contribution in [2.75, 3.05) is 25.1 Å². The van der Waals surface area contributed by atoms with Crippen molar-refractivity contribution < 1.29 is 14.3 Å². The minimum Gasteiger partial charge on any atom is -0.486 e. The molecular formula is C13H17ClN2O3. The van der Waals surface area contributed by atoms with Crippen LogP contribution in [0.25, 0.3) is 0 Å². The second-order valence-corrected chi connectivity index (χ2v) is 4.97. The minimum absolute atomic E-state index is 0.146. The average Bonchev–Trinajstić information content (AvgIpc) is 2.37. The molecule has 0 radical (unpaired) electrons. The maximum absolute atomic E-state index is 11.7. The van der Waals surface area contributed by atoms with Crippen LogP contribution in [0, 0.1) is 0 Å². The number of benzene rings is 1. The normalized spacial score (nSPS) is 13.5. The molecular weight excluding hydrogens is 268 g/mol. The van der Waals surface area contributed by atoms with Crippen LogP contribution in [0.3, 0.4) is 0 Å². The number of hydrogen-bond acceptors (Lipinski definition) is 4. The quantitative estimate of drug-likeness (QED) is 0.888. The van der Waals surface area contributed by atoms with Gasteiger partial charge in [0.1, 0.15) is 13.2 Å². The summed E-state index contributed by atoms with van der Waals surface area (Å²) in [5.41, 5.74) is 0.529. The van der Waals surface area contributed by atoms with E-state index >= 15 is 0 Å². The first-order valence-electron chi connectivity index (χ1n) is 6.18. The Labute approximate surface area is 117 Å². The van der Waals surface area contributed by atoms with Crippen LogP contribution in [0.2, 0.25) is 5.02 Å². The second kappa shape index (κ2) is 6.12. The molecule has 1 aliphatic rings. The third kappa shape index (κ3) is 3.75. The van der Waals surface area contributed by atoms with Gasteiger partial charge in [-0.05, 0) is 0 Å². The highest BCUT2D eigenvalue weighted by Gasteiger charge is 2.16. The lowest BCUT2D eigenvalue weighted by Gasteiger charge is -2.20. The first-order chi connectivity index (χ1) is 9.06. The third-order valence-electron chi connectivity index (χ3n) is 2.58. The Hall–Kier alpha value is -1.46. The lowest BCUT2D eigenvalue weighted by molar-refractivity contribution is -0.115. The maximum atomic E-state index is 11.7. The molecule has 1 aliphatic heterocycles. The second-order valence-electron chi connectivity index (χ2n) is 4.56. The summed E-state index contributed by atoms with van der Waals surface area (Å²) in [5.74, 6) is 1.06. The van der Waals surface area contributed by atoms with Gasteiger partial charge in [0.05, 0.1) is 17.3 Å². The van der Waals surface area contributed by atoms with Gasteiger partial charge >= 0.3 is 0 Å². The van der Waals surface area contributed by atoms with E-state index in [9.17, 15) is 4.79 Å². The number of halogens is 1. The van der Waals surface area contributed by atoms with E-state index in [-0.39, 0.29) is 18.5 Å². The fourth-order valence-corrected chi connectivity index (χ4v) is 1.85.